The van der Waals surface area contributed by atoms with Crippen molar-refractivity contribution in [2.75, 3.05) is 23.7 Å². The standard InChI is InChI=1S/C29H40N8O2/c1-19-6-12-24(13-7-19)39-29(38)36-16-14-22(15-17-36)32-26-25-27(37(18-31-25)23-4-2-3-5-23)35-28(34-26)33-21-10-8-20(30)9-11-21/h6-7,12-13,18,20-23H,2-5,8-11,14-17,30H2,1H3,(H2,32,33,34,35)/t20-,21-. The molecule has 2 aliphatic carbocycles. The van der Waals surface area contributed by atoms with Gasteiger partial charge in [0.1, 0.15) is 5.75 Å². The number of anilines is 2. The number of nitrogens with one attached hydrogen (secondary N) is 2. The normalized spacial score (nSPS) is 22.8. The summed E-state index contributed by atoms with van der Waals surface area (Å²) in [6.45, 7) is 3.26. The molecule has 1 amide bonds. The first-order valence-corrected chi connectivity index (χ1v) is 14.6. The van der Waals surface area contributed by atoms with Gasteiger partial charge in [0.15, 0.2) is 17.0 Å². The Morgan fingerprint density at radius 2 is 1.62 bits per heavy atom. The van der Waals surface area contributed by atoms with E-state index in [9.17, 15) is 4.79 Å². The van der Waals surface area contributed by atoms with Crippen LogP contribution in [0.3, 0.4) is 0 Å². The van der Waals surface area contributed by atoms with Crippen LogP contribution >= 0.6 is 0 Å². The lowest BCUT2D eigenvalue weighted by molar-refractivity contribution is 0.140. The molecule has 0 unspecified atom stereocenters. The highest BCUT2D eigenvalue weighted by molar-refractivity contribution is 5.84. The number of rotatable bonds is 6. The van der Waals surface area contributed by atoms with Crippen LogP contribution in [0.5, 0.6) is 5.75 Å². The summed E-state index contributed by atoms with van der Waals surface area (Å²) in [5.41, 5.74) is 8.98. The molecule has 39 heavy (non-hydrogen) atoms. The molecule has 1 aliphatic heterocycles. The van der Waals surface area contributed by atoms with Crippen molar-refractivity contribution in [2.24, 2.45) is 5.73 Å². The Morgan fingerprint density at radius 1 is 0.923 bits per heavy atom. The molecule has 3 fully saturated rings. The van der Waals surface area contributed by atoms with E-state index in [1.54, 1.807) is 4.90 Å². The summed E-state index contributed by atoms with van der Waals surface area (Å²) in [6.07, 6.45) is 12.2. The molecule has 0 atom stereocenters. The van der Waals surface area contributed by atoms with E-state index in [0.717, 1.165) is 61.1 Å². The van der Waals surface area contributed by atoms with Gasteiger partial charge in [0.2, 0.25) is 5.95 Å². The fourth-order valence-electron chi connectivity index (χ4n) is 6.15. The van der Waals surface area contributed by atoms with Gasteiger partial charge in [-0.1, -0.05) is 30.5 Å². The molecule has 10 nitrogen and oxygen atoms in total. The number of carbonyl (C=O) groups excluding carboxylic acids is 1. The molecule has 2 aromatic heterocycles. The molecular formula is C29H40N8O2. The summed E-state index contributed by atoms with van der Waals surface area (Å²) in [4.78, 5) is 29.1. The number of hydrogen-bond donors (Lipinski definition) is 3. The van der Waals surface area contributed by atoms with E-state index in [1.165, 1.54) is 25.7 Å². The number of amides is 1. The van der Waals surface area contributed by atoms with E-state index in [2.05, 4.69) is 15.2 Å². The average Bonchev–Trinajstić information content (AvgIpc) is 3.62. The fourth-order valence-corrected chi connectivity index (χ4v) is 6.15. The minimum Gasteiger partial charge on any atom is -0.410 e. The Kier molecular flexibility index (Phi) is 7.54. The monoisotopic (exact) mass is 532 g/mol. The molecule has 3 aliphatic rings. The molecule has 3 heterocycles. The van der Waals surface area contributed by atoms with Crippen molar-refractivity contribution in [1.82, 2.24) is 24.4 Å². The van der Waals surface area contributed by atoms with E-state index in [1.807, 2.05) is 37.5 Å². The van der Waals surface area contributed by atoms with Crippen LogP contribution in [-0.2, 0) is 0 Å². The van der Waals surface area contributed by atoms with Crippen molar-refractivity contribution in [1.29, 1.82) is 0 Å². The van der Waals surface area contributed by atoms with E-state index < -0.39 is 0 Å². The van der Waals surface area contributed by atoms with E-state index in [0.29, 0.717) is 42.9 Å². The minimum atomic E-state index is -0.296. The zero-order valence-electron chi connectivity index (χ0n) is 22.8. The van der Waals surface area contributed by atoms with Crippen molar-refractivity contribution in [2.45, 2.75) is 95.3 Å². The summed E-state index contributed by atoms with van der Waals surface area (Å²) in [6, 6.07) is 8.82. The maximum absolute atomic E-state index is 12.7. The number of benzene rings is 1. The summed E-state index contributed by atoms with van der Waals surface area (Å²) in [7, 11) is 0. The predicted molar refractivity (Wildman–Crippen MR) is 152 cm³/mol. The number of aromatic nitrogens is 4. The van der Waals surface area contributed by atoms with Crippen LogP contribution in [0, 0.1) is 6.92 Å². The van der Waals surface area contributed by atoms with Gasteiger partial charge in [-0.05, 0) is 70.4 Å². The molecule has 0 spiro atoms. The van der Waals surface area contributed by atoms with Gasteiger partial charge in [-0.15, -0.1) is 0 Å². The van der Waals surface area contributed by atoms with Crippen LogP contribution in [0.2, 0.25) is 0 Å². The van der Waals surface area contributed by atoms with Gasteiger partial charge in [-0.25, -0.2) is 9.78 Å². The first kappa shape index (κ1) is 25.9. The molecule has 1 saturated heterocycles. The van der Waals surface area contributed by atoms with Gasteiger partial charge < -0.3 is 30.6 Å². The lowest BCUT2D eigenvalue weighted by Gasteiger charge is -2.32. The molecule has 0 radical (unpaired) electrons. The predicted octanol–water partition coefficient (Wildman–Crippen LogP) is 5.01. The van der Waals surface area contributed by atoms with Crippen molar-refractivity contribution in [3.63, 3.8) is 0 Å². The lowest BCUT2D eigenvalue weighted by atomic mass is 9.92. The highest BCUT2D eigenvalue weighted by atomic mass is 16.6. The van der Waals surface area contributed by atoms with Gasteiger partial charge in [-0.2, -0.15) is 9.97 Å². The maximum atomic E-state index is 12.7. The van der Waals surface area contributed by atoms with Crippen LogP contribution < -0.4 is 21.1 Å². The first-order valence-electron chi connectivity index (χ1n) is 14.6. The largest absolute Gasteiger partial charge is 0.415 e. The maximum Gasteiger partial charge on any atom is 0.415 e. The summed E-state index contributed by atoms with van der Waals surface area (Å²) in [5, 5.41) is 7.26. The topological polar surface area (TPSA) is 123 Å². The number of nitrogens with two attached hydrogens (primary N) is 1. The summed E-state index contributed by atoms with van der Waals surface area (Å²) >= 11 is 0. The molecule has 6 rings (SSSR count). The van der Waals surface area contributed by atoms with Crippen LogP contribution in [0.15, 0.2) is 30.6 Å². The third-order valence-electron chi connectivity index (χ3n) is 8.56. The minimum absolute atomic E-state index is 0.184. The Balaban J connectivity index is 1.15. The van der Waals surface area contributed by atoms with Crippen molar-refractivity contribution >= 4 is 29.0 Å². The number of piperidine rings is 1. The second-order valence-corrected chi connectivity index (χ2v) is 11.5. The molecule has 3 aromatic rings. The number of hydrogen-bond acceptors (Lipinski definition) is 8. The molecular weight excluding hydrogens is 492 g/mol. The van der Waals surface area contributed by atoms with E-state index >= 15 is 0 Å². The number of likely N-dealkylation sites (tertiary alicyclic amines) is 1. The van der Waals surface area contributed by atoms with Gasteiger partial charge in [0.25, 0.3) is 0 Å². The van der Waals surface area contributed by atoms with Crippen LogP contribution in [0.4, 0.5) is 16.6 Å². The van der Waals surface area contributed by atoms with Gasteiger partial charge in [0.05, 0.1) is 6.33 Å². The zero-order valence-corrected chi connectivity index (χ0v) is 22.8. The second kappa shape index (κ2) is 11.4. The third-order valence-corrected chi connectivity index (χ3v) is 8.56. The number of imidazole rings is 1. The van der Waals surface area contributed by atoms with E-state index in [4.69, 9.17) is 25.4 Å². The van der Waals surface area contributed by atoms with E-state index in [-0.39, 0.29) is 12.1 Å². The van der Waals surface area contributed by atoms with Crippen molar-refractivity contribution in [3.8, 4) is 5.75 Å². The number of ether oxygens (including phenoxy) is 1. The quantitative estimate of drug-likeness (QED) is 0.405. The smallest absolute Gasteiger partial charge is 0.410 e. The Bertz CT molecular complexity index is 1270. The summed E-state index contributed by atoms with van der Waals surface area (Å²) in [5.74, 6) is 2.00. The van der Waals surface area contributed by atoms with Crippen molar-refractivity contribution < 1.29 is 9.53 Å². The lowest BCUT2D eigenvalue weighted by Crippen LogP contribution is -2.43. The van der Waals surface area contributed by atoms with Crippen LogP contribution in [-0.4, -0.2) is 61.7 Å². The Labute approximate surface area is 229 Å². The zero-order chi connectivity index (χ0) is 26.8. The molecule has 2 saturated carbocycles. The van der Waals surface area contributed by atoms with Crippen molar-refractivity contribution in [3.05, 3.63) is 36.2 Å². The van der Waals surface area contributed by atoms with Crippen LogP contribution in [0.1, 0.15) is 75.8 Å². The molecule has 1 aromatic carbocycles. The molecule has 208 valence electrons. The number of carbonyl (C=O) groups is 1. The van der Waals surface area contributed by atoms with Gasteiger partial charge >= 0.3 is 6.09 Å². The highest BCUT2D eigenvalue weighted by Crippen LogP contribution is 2.34. The number of aryl methyl sites for hydroxylation is 1. The molecule has 10 heteroatoms. The van der Waals surface area contributed by atoms with Crippen LogP contribution in [0.25, 0.3) is 11.2 Å². The highest BCUT2D eigenvalue weighted by Gasteiger charge is 2.27. The van der Waals surface area contributed by atoms with Gasteiger partial charge in [-0.3, -0.25) is 0 Å². The Morgan fingerprint density at radius 3 is 2.33 bits per heavy atom. The average molecular weight is 533 g/mol. The number of nitrogens with zero attached hydrogens (tertiary/aromatic N) is 5. The SMILES string of the molecule is Cc1ccc(OC(=O)N2CCC(Nc3nc(N[C@H]4CC[C@H](N)CC4)nc4c3ncn4C3CCCC3)CC2)cc1. The molecule has 0 bridgehead atoms. The Hall–Kier alpha value is -3.40. The first-order chi connectivity index (χ1) is 19.0. The third kappa shape index (κ3) is 5.95. The van der Waals surface area contributed by atoms with Gasteiger partial charge in [0, 0.05) is 37.3 Å². The molecule has 4 N–H and O–H groups in total. The fraction of sp³-hybridized carbons (Fsp3) is 0.586. The summed E-state index contributed by atoms with van der Waals surface area (Å²) < 4.78 is 7.83. The second-order valence-electron chi connectivity index (χ2n) is 11.5. The number of fused-ring (bicyclic) bond motifs is 1.